The second-order valence-electron chi connectivity index (χ2n) is 4.36. The molecule has 5 heteroatoms. The zero-order valence-corrected chi connectivity index (χ0v) is 10.6. The molecule has 1 aliphatic rings. The van der Waals surface area contributed by atoms with Crippen molar-refractivity contribution in [2.75, 3.05) is 26.8 Å². The van der Waals surface area contributed by atoms with Gasteiger partial charge < -0.3 is 15.4 Å². The third-order valence-electron chi connectivity index (χ3n) is 3.10. The van der Waals surface area contributed by atoms with Crippen LogP contribution in [0.25, 0.3) is 0 Å². The number of aryl methyl sites for hydroxylation is 1. The molecule has 98 valence electrons. The van der Waals surface area contributed by atoms with Crippen LogP contribution >= 0.6 is 0 Å². The van der Waals surface area contributed by atoms with Crippen molar-refractivity contribution in [1.29, 1.82) is 0 Å². The number of fused-ring (bicyclic) bond motifs is 1. The normalized spacial score (nSPS) is 17.5. The monoisotopic (exact) mass is 249 g/mol. The number of carbonyl (C=O) groups excluding carboxylic acids is 1. The van der Waals surface area contributed by atoms with Crippen molar-refractivity contribution in [2.24, 2.45) is 0 Å². The van der Waals surface area contributed by atoms with E-state index in [4.69, 9.17) is 4.74 Å². The fraction of sp³-hybridized carbons (Fsp3) is 0.538. The van der Waals surface area contributed by atoms with E-state index in [1.54, 1.807) is 13.3 Å². The molecule has 2 rings (SSSR count). The van der Waals surface area contributed by atoms with E-state index in [-0.39, 0.29) is 11.9 Å². The van der Waals surface area contributed by atoms with Gasteiger partial charge in [-0.3, -0.25) is 9.78 Å². The van der Waals surface area contributed by atoms with Crippen LogP contribution in [-0.4, -0.2) is 37.7 Å². The maximum Gasteiger partial charge on any atom is 0.234 e. The van der Waals surface area contributed by atoms with Crippen molar-refractivity contribution in [3.8, 4) is 0 Å². The van der Waals surface area contributed by atoms with Crippen molar-refractivity contribution in [3.63, 3.8) is 0 Å². The highest BCUT2D eigenvalue weighted by Crippen LogP contribution is 2.28. The molecule has 1 aromatic heterocycles. The number of pyridine rings is 1. The van der Waals surface area contributed by atoms with E-state index in [9.17, 15) is 4.79 Å². The first-order chi connectivity index (χ1) is 8.81. The quantitative estimate of drug-likeness (QED) is 0.717. The summed E-state index contributed by atoms with van der Waals surface area (Å²) in [5, 5.41) is 6.03. The highest BCUT2D eigenvalue weighted by atomic mass is 16.5. The number of rotatable bonds is 6. The van der Waals surface area contributed by atoms with Crippen molar-refractivity contribution in [1.82, 2.24) is 15.6 Å². The Labute approximate surface area is 107 Å². The molecule has 0 bridgehead atoms. The second-order valence-corrected chi connectivity index (χ2v) is 4.36. The molecule has 0 saturated carbocycles. The number of carbonyl (C=O) groups is 1. The molecular weight excluding hydrogens is 230 g/mol. The van der Waals surface area contributed by atoms with Gasteiger partial charge in [0, 0.05) is 19.9 Å². The lowest BCUT2D eigenvalue weighted by Crippen LogP contribution is -2.36. The molecule has 0 aliphatic heterocycles. The van der Waals surface area contributed by atoms with Gasteiger partial charge in [0.05, 0.1) is 24.9 Å². The number of methoxy groups -OCH3 is 1. The summed E-state index contributed by atoms with van der Waals surface area (Å²) in [6.45, 7) is 1.42. The highest BCUT2D eigenvalue weighted by molar-refractivity contribution is 5.78. The lowest BCUT2D eigenvalue weighted by Gasteiger charge is -2.12. The summed E-state index contributed by atoms with van der Waals surface area (Å²) in [5.41, 5.74) is 2.37. The van der Waals surface area contributed by atoms with Crippen molar-refractivity contribution >= 4 is 5.91 Å². The Morgan fingerprint density at radius 3 is 3.33 bits per heavy atom. The first-order valence-electron chi connectivity index (χ1n) is 6.24. The van der Waals surface area contributed by atoms with E-state index >= 15 is 0 Å². The Balaban J connectivity index is 1.77. The Bertz CT molecular complexity index is 409. The molecule has 0 spiro atoms. The van der Waals surface area contributed by atoms with E-state index in [0.717, 1.165) is 18.5 Å². The number of amides is 1. The van der Waals surface area contributed by atoms with Gasteiger partial charge in [-0.05, 0) is 24.5 Å². The predicted octanol–water partition coefficient (Wildman–Crippen LogP) is 0.421. The van der Waals surface area contributed by atoms with Gasteiger partial charge in [0.2, 0.25) is 5.91 Å². The predicted molar refractivity (Wildman–Crippen MR) is 68.2 cm³/mol. The minimum Gasteiger partial charge on any atom is -0.383 e. The zero-order chi connectivity index (χ0) is 12.8. The van der Waals surface area contributed by atoms with Gasteiger partial charge in [-0.1, -0.05) is 6.07 Å². The van der Waals surface area contributed by atoms with Gasteiger partial charge in [0.15, 0.2) is 0 Å². The van der Waals surface area contributed by atoms with Crippen LogP contribution in [0.5, 0.6) is 0 Å². The smallest absolute Gasteiger partial charge is 0.234 e. The van der Waals surface area contributed by atoms with E-state index < -0.39 is 0 Å². The van der Waals surface area contributed by atoms with Gasteiger partial charge in [-0.2, -0.15) is 0 Å². The van der Waals surface area contributed by atoms with Crippen LogP contribution in [0.2, 0.25) is 0 Å². The number of hydrogen-bond donors (Lipinski definition) is 2. The average Bonchev–Trinajstić information content (AvgIpc) is 2.80. The molecule has 1 unspecified atom stereocenters. The first-order valence-corrected chi connectivity index (χ1v) is 6.24. The van der Waals surface area contributed by atoms with Crippen LogP contribution < -0.4 is 10.6 Å². The van der Waals surface area contributed by atoms with E-state index in [0.29, 0.717) is 19.7 Å². The fourth-order valence-electron chi connectivity index (χ4n) is 2.18. The SMILES string of the molecule is COCCNC(=O)CNC1CCc2cccnc21. The summed E-state index contributed by atoms with van der Waals surface area (Å²) in [4.78, 5) is 15.9. The molecule has 0 radical (unpaired) electrons. The average molecular weight is 249 g/mol. The molecule has 1 amide bonds. The summed E-state index contributed by atoms with van der Waals surface area (Å²) in [6, 6.07) is 4.26. The summed E-state index contributed by atoms with van der Waals surface area (Å²) in [7, 11) is 1.62. The third kappa shape index (κ3) is 3.27. The van der Waals surface area contributed by atoms with Crippen LogP contribution in [0, 0.1) is 0 Å². The van der Waals surface area contributed by atoms with Crippen LogP contribution in [0.3, 0.4) is 0 Å². The Kier molecular flexibility index (Phi) is 4.66. The molecule has 1 aromatic rings. The first kappa shape index (κ1) is 13.0. The molecule has 2 N–H and O–H groups in total. The molecule has 1 atom stereocenters. The van der Waals surface area contributed by atoms with Crippen LogP contribution in [0.15, 0.2) is 18.3 Å². The van der Waals surface area contributed by atoms with Gasteiger partial charge in [0.25, 0.3) is 0 Å². The molecule has 1 heterocycles. The Morgan fingerprint density at radius 1 is 1.61 bits per heavy atom. The van der Waals surface area contributed by atoms with Crippen molar-refractivity contribution in [3.05, 3.63) is 29.6 Å². The summed E-state index contributed by atoms with van der Waals surface area (Å²) >= 11 is 0. The maximum atomic E-state index is 11.5. The molecule has 5 nitrogen and oxygen atoms in total. The van der Waals surface area contributed by atoms with Gasteiger partial charge in [-0.25, -0.2) is 0 Å². The topological polar surface area (TPSA) is 63.2 Å². The van der Waals surface area contributed by atoms with E-state index in [1.165, 1.54) is 5.56 Å². The van der Waals surface area contributed by atoms with Gasteiger partial charge >= 0.3 is 0 Å². The lowest BCUT2D eigenvalue weighted by molar-refractivity contribution is -0.120. The molecule has 1 aliphatic carbocycles. The molecule has 0 aromatic carbocycles. The number of aromatic nitrogens is 1. The summed E-state index contributed by atoms with van der Waals surface area (Å²) in [6.07, 6.45) is 3.85. The number of nitrogens with one attached hydrogen (secondary N) is 2. The molecule has 0 saturated heterocycles. The standard InChI is InChI=1S/C13H19N3O2/c1-18-8-7-14-12(17)9-16-11-5-4-10-3-2-6-15-13(10)11/h2-3,6,11,16H,4-5,7-9H2,1H3,(H,14,17). The lowest BCUT2D eigenvalue weighted by atomic mass is 10.2. The number of nitrogens with zero attached hydrogens (tertiary/aromatic N) is 1. The van der Waals surface area contributed by atoms with Crippen molar-refractivity contribution < 1.29 is 9.53 Å². The van der Waals surface area contributed by atoms with Crippen LogP contribution in [0.1, 0.15) is 23.7 Å². The summed E-state index contributed by atoms with van der Waals surface area (Å²) in [5.74, 6) is -0.00330. The molecule has 0 fully saturated rings. The number of ether oxygens (including phenoxy) is 1. The molecule has 18 heavy (non-hydrogen) atoms. The second kappa shape index (κ2) is 6.47. The highest BCUT2D eigenvalue weighted by Gasteiger charge is 2.23. The minimum atomic E-state index is -0.00330. The van der Waals surface area contributed by atoms with Gasteiger partial charge in [-0.15, -0.1) is 0 Å². The largest absolute Gasteiger partial charge is 0.383 e. The summed E-state index contributed by atoms with van der Waals surface area (Å²) < 4.78 is 4.87. The number of hydrogen-bond acceptors (Lipinski definition) is 4. The van der Waals surface area contributed by atoms with Crippen molar-refractivity contribution in [2.45, 2.75) is 18.9 Å². The van der Waals surface area contributed by atoms with E-state index in [1.807, 2.05) is 6.07 Å². The van der Waals surface area contributed by atoms with Crippen LogP contribution in [0.4, 0.5) is 0 Å². The fourth-order valence-corrected chi connectivity index (χ4v) is 2.18. The Hall–Kier alpha value is -1.46. The van der Waals surface area contributed by atoms with Gasteiger partial charge in [0.1, 0.15) is 0 Å². The Morgan fingerprint density at radius 2 is 2.50 bits per heavy atom. The third-order valence-corrected chi connectivity index (χ3v) is 3.10. The zero-order valence-electron chi connectivity index (χ0n) is 10.6. The molecular formula is C13H19N3O2. The van der Waals surface area contributed by atoms with Crippen LogP contribution in [-0.2, 0) is 16.0 Å². The van der Waals surface area contributed by atoms with E-state index in [2.05, 4.69) is 21.7 Å². The maximum absolute atomic E-state index is 11.5. The minimum absolute atomic E-state index is 0.00330.